The molecule has 14 heavy (non-hydrogen) atoms. The van der Waals surface area contributed by atoms with Crippen molar-refractivity contribution in [1.82, 2.24) is 15.6 Å². The van der Waals surface area contributed by atoms with Gasteiger partial charge in [-0.1, -0.05) is 0 Å². The summed E-state index contributed by atoms with van der Waals surface area (Å²) in [4.78, 5) is 26.2. The Bertz CT molecular complexity index is 332. The first-order chi connectivity index (χ1) is 6.69. The topological polar surface area (TPSA) is 71.1 Å². The zero-order valence-corrected chi connectivity index (χ0v) is 8.00. The number of nitrogens with one attached hydrogen (secondary N) is 2. The smallest absolute Gasteiger partial charge is 0.252 e. The van der Waals surface area contributed by atoms with E-state index in [4.69, 9.17) is 0 Å². The minimum absolute atomic E-state index is 0.261. The molecule has 0 aliphatic carbocycles. The molecule has 5 nitrogen and oxygen atoms in total. The van der Waals surface area contributed by atoms with Crippen LogP contribution in [0.15, 0.2) is 18.5 Å². The molecular formula is C9H11N3O2. The second kappa shape index (κ2) is 4.36. The predicted octanol–water partition coefficient (Wildman–Crippen LogP) is -0.199. The van der Waals surface area contributed by atoms with Crippen LogP contribution >= 0.6 is 0 Å². The highest BCUT2D eigenvalue weighted by molar-refractivity contribution is 5.98. The Morgan fingerprint density at radius 2 is 1.50 bits per heavy atom. The average molecular weight is 193 g/mol. The highest BCUT2D eigenvalue weighted by Crippen LogP contribution is 2.02. The second-order valence-corrected chi connectivity index (χ2v) is 2.62. The normalized spacial score (nSPS) is 9.29. The van der Waals surface area contributed by atoms with Crippen LogP contribution in [0.5, 0.6) is 0 Å². The van der Waals surface area contributed by atoms with Gasteiger partial charge in [0.05, 0.1) is 11.1 Å². The molecule has 0 spiro atoms. The fourth-order valence-corrected chi connectivity index (χ4v) is 0.977. The van der Waals surface area contributed by atoms with Crippen molar-refractivity contribution < 1.29 is 9.59 Å². The molecule has 0 aliphatic heterocycles. The zero-order chi connectivity index (χ0) is 10.6. The van der Waals surface area contributed by atoms with Crippen molar-refractivity contribution in [3.05, 3.63) is 29.6 Å². The van der Waals surface area contributed by atoms with Crippen LogP contribution in [-0.4, -0.2) is 30.9 Å². The summed E-state index contributed by atoms with van der Waals surface area (Å²) in [7, 11) is 3.05. The molecule has 0 aromatic carbocycles. The molecule has 0 fully saturated rings. The molecule has 2 N–H and O–H groups in total. The lowest BCUT2D eigenvalue weighted by molar-refractivity contribution is 0.0962. The molecule has 0 saturated heterocycles. The van der Waals surface area contributed by atoms with Crippen molar-refractivity contribution in [2.75, 3.05) is 14.1 Å². The van der Waals surface area contributed by atoms with E-state index in [9.17, 15) is 9.59 Å². The van der Waals surface area contributed by atoms with Gasteiger partial charge < -0.3 is 10.6 Å². The minimum atomic E-state index is -0.261. The lowest BCUT2D eigenvalue weighted by atomic mass is 10.2. The average Bonchev–Trinajstić information content (AvgIpc) is 2.27. The van der Waals surface area contributed by atoms with E-state index in [1.165, 1.54) is 32.6 Å². The summed E-state index contributed by atoms with van der Waals surface area (Å²) >= 11 is 0. The van der Waals surface area contributed by atoms with E-state index in [2.05, 4.69) is 15.6 Å². The second-order valence-electron chi connectivity index (χ2n) is 2.62. The van der Waals surface area contributed by atoms with Gasteiger partial charge in [-0.05, 0) is 6.07 Å². The number of carbonyl (C=O) groups is 2. The molecule has 0 atom stereocenters. The van der Waals surface area contributed by atoms with Crippen molar-refractivity contribution >= 4 is 11.8 Å². The van der Waals surface area contributed by atoms with Gasteiger partial charge >= 0.3 is 0 Å². The Balaban J connectivity index is 3.01. The van der Waals surface area contributed by atoms with Crippen LogP contribution in [0.4, 0.5) is 0 Å². The van der Waals surface area contributed by atoms with Gasteiger partial charge in [0.25, 0.3) is 11.8 Å². The summed E-state index contributed by atoms with van der Waals surface area (Å²) in [6, 6.07) is 1.49. The quantitative estimate of drug-likeness (QED) is 0.683. The Hall–Kier alpha value is -1.91. The van der Waals surface area contributed by atoms with Crippen LogP contribution in [0.3, 0.4) is 0 Å². The Labute approximate surface area is 81.5 Å². The summed E-state index contributed by atoms with van der Waals surface area (Å²) in [6.45, 7) is 0. The maximum absolute atomic E-state index is 11.2. The van der Waals surface area contributed by atoms with E-state index >= 15 is 0 Å². The minimum Gasteiger partial charge on any atom is -0.355 e. The molecule has 2 amide bonds. The van der Waals surface area contributed by atoms with E-state index in [0.29, 0.717) is 11.1 Å². The van der Waals surface area contributed by atoms with Gasteiger partial charge in [-0.3, -0.25) is 14.6 Å². The summed E-state index contributed by atoms with van der Waals surface area (Å²) in [5, 5.41) is 4.91. The first-order valence-electron chi connectivity index (χ1n) is 4.08. The third-order valence-electron chi connectivity index (χ3n) is 1.72. The standard InChI is InChI=1S/C9H11N3O2/c1-10-8(13)6-3-7(5-12-4-6)9(14)11-2/h3-5H,1-2H3,(H,10,13)(H,11,14). The predicted molar refractivity (Wildman–Crippen MR) is 51.0 cm³/mol. The number of amides is 2. The van der Waals surface area contributed by atoms with Gasteiger partial charge in [0, 0.05) is 26.5 Å². The molecule has 0 bridgehead atoms. The molecule has 0 saturated carbocycles. The summed E-state index contributed by atoms with van der Waals surface area (Å²) in [6.07, 6.45) is 2.82. The van der Waals surface area contributed by atoms with E-state index in [1.807, 2.05) is 0 Å². The highest BCUT2D eigenvalue weighted by atomic mass is 16.2. The van der Waals surface area contributed by atoms with E-state index in [1.54, 1.807) is 0 Å². The Morgan fingerprint density at radius 1 is 1.07 bits per heavy atom. The maximum atomic E-state index is 11.2. The van der Waals surface area contributed by atoms with Crippen molar-refractivity contribution in [3.8, 4) is 0 Å². The molecule has 1 aromatic rings. The van der Waals surface area contributed by atoms with Crippen LogP contribution in [0.2, 0.25) is 0 Å². The number of rotatable bonds is 2. The molecule has 1 heterocycles. The molecule has 5 heteroatoms. The lowest BCUT2D eigenvalue weighted by Crippen LogP contribution is -2.21. The van der Waals surface area contributed by atoms with Crippen LogP contribution in [0.25, 0.3) is 0 Å². The first kappa shape index (κ1) is 10.2. The molecule has 0 unspecified atom stereocenters. The summed E-state index contributed by atoms with van der Waals surface area (Å²) < 4.78 is 0. The van der Waals surface area contributed by atoms with Crippen molar-refractivity contribution in [1.29, 1.82) is 0 Å². The van der Waals surface area contributed by atoms with Gasteiger partial charge in [-0.25, -0.2) is 0 Å². The van der Waals surface area contributed by atoms with Crippen molar-refractivity contribution in [2.45, 2.75) is 0 Å². The van der Waals surface area contributed by atoms with E-state index < -0.39 is 0 Å². The van der Waals surface area contributed by atoms with Gasteiger partial charge in [-0.2, -0.15) is 0 Å². The third-order valence-corrected chi connectivity index (χ3v) is 1.72. The molecule has 0 aliphatic rings. The Morgan fingerprint density at radius 3 is 1.86 bits per heavy atom. The van der Waals surface area contributed by atoms with Crippen LogP contribution in [-0.2, 0) is 0 Å². The van der Waals surface area contributed by atoms with Crippen molar-refractivity contribution in [3.63, 3.8) is 0 Å². The SMILES string of the molecule is CNC(=O)c1cncc(C(=O)NC)c1. The van der Waals surface area contributed by atoms with Gasteiger partial charge in [0.1, 0.15) is 0 Å². The molecule has 1 rings (SSSR count). The zero-order valence-electron chi connectivity index (χ0n) is 8.00. The molecule has 0 radical (unpaired) electrons. The summed E-state index contributed by atoms with van der Waals surface area (Å²) in [5.74, 6) is -0.522. The molecule has 74 valence electrons. The fraction of sp³-hybridized carbons (Fsp3) is 0.222. The number of carbonyl (C=O) groups excluding carboxylic acids is 2. The number of hydrogen-bond donors (Lipinski definition) is 2. The van der Waals surface area contributed by atoms with Crippen molar-refractivity contribution in [2.24, 2.45) is 0 Å². The van der Waals surface area contributed by atoms with E-state index in [0.717, 1.165) is 0 Å². The third kappa shape index (κ3) is 2.07. The van der Waals surface area contributed by atoms with Gasteiger partial charge in [0.15, 0.2) is 0 Å². The summed E-state index contributed by atoms with van der Waals surface area (Å²) in [5.41, 5.74) is 0.738. The molecular weight excluding hydrogens is 182 g/mol. The maximum Gasteiger partial charge on any atom is 0.252 e. The number of aromatic nitrogens is 1. The van der Waals surface area contributed by atoms with Crippen LogP contribution < -0.4 is 10.6 Å². The van der Waals surface area contributed by atoms with Gasteiger partial charge in [0.2, 0.25) is 0 Å². The highest BCUT2D eigenvalue weighted by Gasteiger charge is 2.08. The first-order valence-corrected chi connectivity index (χ1v) is 4.08. The monoisotopic (exact) mass is 193 g/mol. The fourth-order valence-electron chi connectivity index (χ4n) is 0.977. The van der Waals surface area contributed by atoms with E-state index in [-0.39, 0.29) is 11.8 Å². The van der Waals surface area contributed by atoms with Crippen LogP contribution in [0, 0.1) is 0 Å². The van der Waals surface area contributed by atoms with Crippen LogP contribution in [0.1, 0.15) is 20.7 Å². The number of pyridine rings is 1. The largest absolute Gasteiger partial charge is 0.355 e. The number of hydrogen-bond acceptors (Lipinski definition) is 3. The molecule has 1 aromatic heterocycles. The van der Waals surface area contributed by atoms with Gasteiger partial charge in [-0.15, -0.1) is 0 Å². The lowest BCUT2D eigenvalue weighted by Gasteiger charge is -2.02. The Kier molecular flexibility index (Phi) is 3.17. The number of nitrogens with zero attached hydrogens (tertiary/aromatic N) is 1.